The van der Waals surface area contributed by atoms with Crippen LogP contribution in [0.1, 0.15) is 22.8 Å². The summed E-state index contributed by atoms with van der Waals surface area (Å²) in [5.41, 5.74) is 2.76. The van der Waals surface area contributed by atoms with E-state index >= 15 is 0 Å². The first-order valence-electron chi connectivity index (χ1n) is 9.12. The van der Waals surface area contributed by atoms with Crippen molar-refractivity contribution < 1.29 is 23.9 Å². The number of aromatic nitrogens is 1. The van der Waals surface area contributed by atoms with Crippen molar-refractivity contribution in [2.75, 3.05) is 12.4 Å². The second-order valence-electron chi connectivity index (χ2n) is 6.67. The van der Waals surface area contributed by atoms with Crippen molar-refractivity contribution in [2.45, 2.75) is 26.5 Å². The molecule has 1 aromatic heterocycles. The highest BCUT2D eigenvalue weighted by Gasteiger charge is 2.20. The summed E-state index contributed by atoms with van der Waals surface area (Å²) in [6, 6.07) is 14.5. The van der Waals surface area contributed by atoms with Crippen LogP contribution < -0.4 is 5.32 Å². The number of fused-ring (bicyclic) bond motifs is 1. The Morgan fingerprint density at radius 1 is 1.07 bits per heavy atom. The van der Waals surface area contributed by atoms with E-state index in [1.54, 1.807) is 41.1 Å². The third-order valence-corrected chi connectivity index (χ3v) is 4.49. The third kappa shape index (κ3) is 4.63. The minimum atomic E-state index is -0.967. The van der Waals surface area contributed by atoms with Crippen LogP contribution in [0.4, 0.5) is 5.69 Å². The van der Waals surface area contributed by atoms with Gasteiger partial charge in [0.05, 0.1) is 12.7 Å². The number of methoxy groups -OCH3 is 1. The van der Waals surface area contributed by atoms with Crippen LogP contribution in [0.3, 0.4) is 0 Å². The summed E-state index contributed by atoms with van der Waals surface area (Å²) < 4.78 is 11.7. The van der Waals surface area contributed by atoms with Crippen molar-refractivity contribution in [2.24, 2.45) is 0 Å². The Bertz CT molecular complexity index is 1050. The first-order valence-corrected chi connectivity index (χ1v) is 9.12. The zero-order valence-corrected chi connectivity index (χ0v) is 16.5. The van der Waals surface area contributed by atoms with E-state index in [4.69, 9.17) is 9.47 Å². The number of benzene rings is 2. The molecule has 1 N–H and O–H groups in total. The molecule has 1 heterocycles. The molecule has 0 saturated carbocycles. The van der Waals surface area contributed by atoms with E-state index in [1.807, 2.05) is 25.1 Å². The first-order chi connectivity index (χ1) is 13.9. The molecule has 0 aliphatic rings. The van der Waals surface area contributed by atoms with Gasteiger partial charge in [-0.2, -0.15) is 0 Å². The molecule has 1 amide bonds. The fraction of sp³-hybridized carbons (Fsp3) is 0.227. The summed E-state index contributed by atoms with van der Waals surface area (Å²) in [6.07, 6.45) is 0.583. The van der Waals surface area contributed by atoms with E-state index in [0.717, 1.165) is 5.56 Å². The van der Waals surface area contributed by atoms with Crippen LogP contribution in [0.25, 0.3) is 10.9 Å². The smallest absolute Gasteiger partial charge is 0.340 e. The van der Waals surface area contributed by atoms with Crippen molar-refractivity contribution in [3.05, 3.63) is 65.9 Å². The summed E-state index contributed by atoms with van der Waals surface area (Å²) in [6.45, 7) is 3.32. The van der Waals surface area contributed by atoms with Gasteiger partial charge in [-0.25, -0.2) is 4.79 Å². The standard InChI is InChI=1S/C22H22N2O5/c1-14-8-10-16(11-9-14)23-21(26)15(2)29-20(25)13-24-12-18(22(27)28-3)17-6-4-5-7-19(17)24/h4-12,15H,13H2,1-3H3,(H,23,26)/t15-/m0/s1. The molecule has 0 aliphatic carbocycles. The number of esters is 2. The number of hydrogen-bond acceptors (Lipinski definition) is 5. The molecule has 2 aromatic carbocycles. The molecular weight excluding hydrogens is 372 g/mol. The average molecular weight is 394 g/mol. The molecular formula is C22H22N2O5. The average Bonchev–Trinajstić information content (AvgIpc) is 3.07. The number of para-hydroxylation sites is 1. The monoisotopic (exact) mass is 394 g/mol. The minimum absolute atomic E-state index is 0.139. The molecule has 1 atom stereocenters. The summed E-state index contributed by atoms with van der Waals surface area (Å²) in [7, 11) is 1.30. The maximum Gasteiger partial charge on any atom is 0.340 e. The van der Waals surface area contributed by atoms with Crippen LogP contribution >= 0.6 is 0 Å². The van der Waals surface area contributed by atoms with Gasteiger partial charge in [0.15, 0.2) is 6.10 Å². The van der Waals surface area contributed by atoms with Gasteiger partial charge in [-0.15, -0.1) is 0 Å². The van der Waals surface area contributed by atoms with E-state index in [9.17, 15) is 14.4 Å². The number of nitrogens with one attached hydrogen (secondary N) is 1. The van der Waals surface area contributed by atoms with Crippen LogP contribution in [0.15, 0.2) is 54.7 Å². The largest absolute Gasteiger partial charge is 0.465 e. The number of amides is 1. The fourth-order valence-electron chi connectivity index (χ4n) is 2.96. The van der Waals surface area contributed by atoms with Crippen molar-refractivity contribution >= 4 is 34.4 Å². The molecule has 0 aliphatic heterocycles. The third-order valence-electron chi connectivity index (χ3n) is 4.49. The molecule has 0 fully saturated rings. The summed E-state index contributed by atoms with van der Waals surface area (Å²) in [4.78, 5) is 36.6. The highest BCUT2D eigenvalue weighted by atomic mass is 16.5. The zero-order chi connectivity index (χ0) is 21.0. The van der Waals surface area contributed by atoms with Crippen molar-refractivity contribution in [3.63, 3.8) is 0 Å². The Kier molecular flexibility index (Phi) is 5.97. The SMILES string of the molecule is COC(=O)c1cn(CC(=O)O[C@@H](C)C(=O)Nc2ccc(C)cc2)c2ccccc12. The number of ether oxygens (including phenoxy) is 2. The fourth-order valence-corrected chi connectivity index (χ4v) is 2.96. The second-order valence-corrected chi connectivity index (χ2v) is 6.67. The lowest BCUT2D eigenvalue weighted by Crippen LogP contribution is -2.31. The van der Waals surface area contributed by atoms with Gasteiger partial charge < -0.3 is 19.4 Å². The van der Waals surface area contributed by atoms with Crippen LogP contribution in [0.5, 0.6) is 0 Å². The number of carbonyl (C=O) groups is 3. The van der Waals surface area contributed by atoms with Gasteiger partial charge in [0.2, 0.25) is 0 Å². The van der Waals surface area contributed by atoms with Gasteiger partial charge in [-0.05, 0) is 32.0 Å². The van der Waals surface area contributed by atoms with Crippen LogP contribution in [-0.4, -0.2) is 35.6 Å². The Hall–Kier alpha value is -3.61. The van der Waals surface area contributed by atoms with Gasteiger partial charge in [-0.3, -0.25) is 9.59 Å². The molecule has 7 heteroatoms. The Morgan fingerprint density at radius 3 is 2.45 bits per heavy atom. The van der Waals surface area contributed by atoms with Gasteiger partial charge in [-0.1, -0.05) is 35.9 Å². The van der Waals surface area contributed by atoms with Crippen LogP contribution in [0.2, 0.25) is 0 Å². The summed E-state index contributed by atoms with van der Waals surface area (Å²) >= 11 is 0. The Morgan fingerprint density at radius 2 is 1.76 bits per heavy atom. The minimum Gasteiger partial charge on any atom is -0.465 e. The molecule has 0 radical (unpaired) electrons. The summed E-state index contributed by atoms with van der Waals surface area (Å²) in [5.74, 6) is -1.50. The number of rotatable bonds is 6. The number of anilines is 1. The van der Waals surface area contributed by atoms with Gasteiger partial charge in [0.1, 0.15) is 6.54 Å². The van der Waals surface area contributed by atoms with Crippen molar-refractivity contribution in [1.29, 1.82) is 0 Å². The van der Waals surface area contributed by atoms with E-state index < -0.39 is 23.9 Å². The lowest BCUT2D eigenvalue weighted by molar-refractivity contribution is -0.153. The Balaban J connectivity index is 1.68. The maximum absolute atomic E-state index is 12.4. The molecule has 29 heavy (non-hydrogen) atoms. The second kappa shape index (κ2) is 8.60. The molecule has 3 rings (SSSR count). The van der Waals surface area contributed by atoms with Crippen LogP contribution in [-0.2, 0) is 25.6 Å². The van der Waals surface area contributed by atoms with Crippen molar-refractivity contribution in [1.82, 2.24) is 4.57 Å². The van der Waals surface area contributed by atoms with E-state index in [1.165, 1.54) is 14.0 Å². The molecule has 150 valence electrons. The van der Waals surface area contributed by atoms with Gasteiger partial charge in [0.25, 0.3) is 5.91 Å². The molecule has 0 spiro atoms. The van der Waals surface area contributed by atoms with Crippen LogP contribution in [0, 0.1) is 6.92 Å². The number of nitrogens with zero attached hydrogens (tertiary/aromatic N) is 1. The van der Waals surface area contributed by atoms with E-state index in [-0.39, 0.29) is 6.54 Å². The highest BCUT2D eigenvalue weighted by Crippen LogP contribution is 2.22. The first kappa shape index (κ1) is 20.1. The lowest BCUT2D eigenvalue weighted by Gasteiger charge is -2.14. The molecule has 7 nitrogen and oxygen atoms in total. The Labute approximate surface area is 168 Å². The molecule has 0 bridgehead atoms. The van der Waals surface area contributed by atoms with E-state index in [2.05, 4.69) is 5.32 Å². The number of hydrogen-bond donors (Lipinski definition) is 1. The zero-order valence-electron chi connectivity index (χ0n) is 16.5. The highest BCUT2D eigenvalue weighted by molar-refractivity contribution is 6.04. The quantitative estimate of drug-likeness (QED) is 0.648. The topological polar surface area (TPSA) is 86.6 Å². The predicted molar refractivity (Wildman–Crippen MR) is 109 cm³/mol. The normalized spacial score (nSPS) is 11.7. The number of aryl methyl sites for hydroxylation is 1. The number of carbonyl (C=O) groups excluding carboxylic acids is 3. The van der Waals surface area contributed by atoms with Crippen molar-refractivity contribution in [3.8, 4) is 0 Å². The molecule has 3 aromatic rings. The summed E-state index contributed by atoms with van der Waals surface area (Å²) in [5, 5.41) is 3.39. The lowest BCUT2D eigenvalue weighted by atomic mass is 10.2. The van der Waals surface area contributed by atoms with Gasteiger partial charge >= 0.3 is 11.9 Å². The maximum atomic E-state index is 12.4. The predicted octanol–water partition coefficient (Wildman–Crippen LogP) is 3.31. The van der Waals surface area contributed by atoms with Gasteiger partial charge in [0, 0.05) is 22.8 Å². The molecule has 0 unspecified atom stereocenters. The van der Waals surface area contributed by atoms with E-state index in [0.29, 0.717) is 22.2 Å². The molecule has 0 saturated heterocycles.